The molecule has 0 bridgehead atoms. The molecule has 12 heavy (non-hydrogen) atoms. The summed E-state index contributed by atoms with van der Waals surface area (Å²) in [4.78, 5) is 2.82. The maximum atomic E-state index is 12.9. The van der Waals surface area contributed by atoms with Crippen molar-refractivity contribution in [1.82, 2.24) is 4.98 Å². The van der Waals surface area contributed by atoms with E-state index in [1.165, 1.54) is 0 Å². The van der Waals surface area contributed by atoms with Crippen LogP contribution in [-0.2, 0) is 0 Å². The molecule has 0 atom stereocenters. The van der Waals surface area contributed by atoms with Crippen molar-refractivity contribution >= 4 is 10.9 Å². The van der Waals surface area contributed by atoms with Crippen LogP contribution in [0.15, 0.2) is 18.3 Å². The van der Waals surface area contributed by atoms with Gasteiger partial charge in [0.2, 0.25) is 0 Å². The van der Waals surface area contributed by atoms with Crippen LogP contribution in [-0.4, -0.2) is 4.98 Å². The number of aromatic nitrogens is 1. The summed E-state index contributed by atoms with van der Waals surface area (Å²) in [6, 6.07) is 2.89. The molecular weight excluding hydrogens is 160 g/mol. The van der Waals surface area contributed by atoms with Crippen LogP contribution in [0.4, 0.5) is 8.78 Å². The summed E-state index contributed by atoms with van der Waals surface area (Å²) >= 11 is 0. The second-order valence-electron chi connectivity index (χ2n) is 2.74. The van der Waals surface area contributed by atoms with Gasteiger partial charge in [0, 0.05) is 23.2 Å². The van der Waals surface area contributed by atoms with Gasteiger partial charge in [0.25, 0.3) is 0 Å². The summed E-state index contributed by atoms with van der Waals surface area (Å²) in [5.74, 6) is -1.57. The lowest BCUT2D eigenvalue weighted by atomic mass is 10.1. The van der Waals surface area contributed by atoms with E-state index in [0.717, 1.165) is 11.5 Å². The van der Waals surface area contributed by atoms with E-state index >= 15 is 0 Å². The molecule has 3 heteroatoms. The SMILES string of the molecule is Cc1c(F)c(F)cc2[nH]ccc12. The maximum Gasteiger partial charge on any atom is 0.162 e. The molecule has 2 aromatic rings. The zero-order valence-electron chi connectivity index (χ0n) is 6.49. The van der Waals surface area contributed by atoms with Crippen molar-refractivity contribution in [3.63, 3.8) is 0 Å². The van der Waals surface area contributed by atoms with Crippen LogP contribution in [0.3, 0.4) is 0 Å². The lowest BCUT2D eigenvalue weighted by Crippen LogP contribution is -1.88. The van der Waals surface area contributed by atoms with Crippen LogP contribution in [0.2, 0.25) is 0 Å². The third kappa shape index (κ3) is 0.826. The summed E-state index contributed by atoms with van der Waals surface area (Å²) in [7, 11) is 0. The molecule has 0 unspecified atom stereocenters. The average molecular weight is 167 g/mol. The van der Waals surface area contributed by atoms with Crippen LogP contribution < -0.4 is 0 Å². The van der Waals surface area contributed by atoms with Crippen molar-refractivity contribution in [2.45, 2.75) is 6.92 Å². The molecule has 2 rings (SSSR count). The van der Waals surface area contributed by atoms with Gasteiger partial charge >= 0.3 is 0 Å². The largest absolute Gasteiger partial charge is 0.361 e. The number of aryl methyl sites for hydroxylation is 1. The van der Waals surface area contributed by atoms with Crippen LogP contribution in [0.5, 0.6) is 0 Å². The molecule has 0 radical (unpaired) electrons. The molecule has 1 aromatic carbocycles. The van der Waals surface area contributed by atoms with Crippen molar-refractivity contribution in [3.05, 3.63) is 35.5 Å². The Hall–Kier alpha value is -1.38. The normalized spacial score (nSPS) is 10.9. The summed E-state index contributed by atoms with van der Waals surface area (Å²) in [5, 5.41) is 0.730. The number of fused-ring (bicyclic) bond motifs is 1. The number of nitrogens with one attached hydrogen (secondary N) is 1. The Bertz CT molecular complexity index is 431. The molecular formula is C9H7F2N. The Morgan fingerprint density at radius 1 is 1.33 bits per heavy atom. The predicted octanol–water partition coefficient (Wildman–Crippen LogP) is 2.75. The van der Waals surface area contributed by atoms with Crippen LogP contribution >= 0.6 is 0 Å². The lowest BCUT2D eigenvalue weighted by Gasteiger charge is -1.99. The minimum atomic E-state index is -0.803. The van der Waals surface area contributed by atoms with E-state index in [2.05, 4.69) is 4.98 Å². The van der Waals surface area contributed by atoms with Gasteiger partial charge in [-0.25, -0.2) is 8.78 Å². The van der Waals surface area contributed by atoms with Gasteiger partial charge in [-0.2, -0.15) is 0 Å². The van der Waals surface area contributed by atoms with Gasteiger partial charge in [-0.15, -0.1) is 0 Å². The molecule has 1 N–H and O–H groups in total. The van der Waals surface area contributed by atoms with E-state index in [9.17, 15) is 8.78 Å². The Morgan fingerprint density at radius 2 is 2.08 bits per heavy atom. The lowest BCUT2D eigenvalue weighted by molar-refractivity contribution is 0.505. The zero-order valence-corrected chi connectivity index (χ0v) is 6.49. The smallest absolute Gasteiger partial charge is 0.162 e. The fourth-order valence-corrected chi connectivity index (χ4v) is 1.32. The molecule has 0 spiro atoms. The summed E-state index contributed by atoms with van der Waals surface area (Å²) in [6.45, 7) is 1.56. The molecule has 0 aliphatic rings. The molecule has 62 valence electrons. The van der Waals surface area contributed by atoms with Crippen LogP contribution in [0, 0.1) is 18.6 Å². The highest BCUT2D eigenvalue weighted by Gasteiger charge is 2.09. The molecule has 0 saturated heterocycles. The Labute approximate surface area is 68.0 Å². The van der Waals surface area contributed by atoms with E-state index in [0.29, 0.717) is 11.1 Å². The summed E-state index contributed by atoms with van der Waals surface area (Å²) in [5.41, 5.74) is 0.984. The Kier molecular flexibility index (Phi) is 1.40. The standard InChI is InChI=1S/C9H7F2N/c1-5-6-2-3-12-8(6)4-7(10)9(5)11/h2-4,12H,1H3. The van der Waals surface area contributed by atoms with Crippen LogP contribution in [0.1, 0.15) is 5.56 Å². The van der Waals surface area contributed by atoms with E-state index in [1.807, 2.05) is 0 Å². The van der Waals surface area contributed by atoms with Gasteiger partial charge in [0.05, 0.1) is 0 Å². The first-order chi connectivity index (χ1) is 5.70. The number of hydrogen-bond donors (Lipinski definition) is 1. The van der Waals surface area contributed by atoms with Crippen molar-refractivity contribution in [3.8, 4) is 0 Å². The van der Waals surface area contributed by atoms with Gasteiger partial charge < -0.3 is 4.98 Å². The average Bonchev–Trinajstić information content (AvgIpc) is 2.48. The second kappa shape index (κ2) is 2.30. The van der Waals surface area contributed by atoms with Gasteiger partial charge in [-0.05, 0) is 18.6 Å². The Morgan fingerprint density at radius 3 is 2.83 bits per heavy atom. The number of halogens is 2. The molecule has 0 fully saturated rings. The highest BCUT2D eigenvalue weighted by molar-refractivity contribution is 5.82. The monoisotopic (exact) mass is 167 g/mol. The molecule has 0 aliphatic carbocycles. The van der Waals surface area contributed by atoms with Crippen molar-refractivity contribution < 1.29 is 8.78 Å². The highest BCUT2D eigenvalue weighted by atomic mass is 19.2. The fourth-order valence-electron chi connectivity index (χ4n) is 1.32. The molecule has 1 nitrogen and oxygen atoms in total. The first-order valence-corrected chi connectivity index (χ1v) is 3.62. The number of hydrogen-bond acceptors (Lipinski definition) is 0. The molecule has 0 aliphatic heterocycles. The molecule has 1 heterocycles. The number of benzene rings is 1. The topological polar surface area (TPSA) is 15.8 Å². The third-order valence-electron chi connectivity index (χ3n) is 1.99. The van der Waals surface area contributed by atoms with Crippen molar-refractivity contribution in [1.29, 1.82) is 0 Å². The van der Waals surface area contributed by atoms with Gasteiger partial charge in [0.15, 0.2) is 11.6 Å². The maximum absolute atomic E-state index is 12.9. The zero-order chi connectivity index (χ0) is 8.72. The number of aromatic amines is 1. The van der Waals surface area contributed by atoms with Gasteiger partial charge in [-0.3, -0.25) is 0 Å². The van der Waals surface area contributed by atoms with Crippen molar-refractivity contribution in [2.24, 2.45) is 0 Å². The first-order valence-electron chi connectivity index (χ1n) is 3.62. The number of rotatable bonds is 0. The minimum absolute atomic E-state index is 0.353. The van der Waals surface area contributed by atoms with E-state index in [-0.39, 0.29) is 0 Å². The quantitative estimate of drug-likeness (QED) is 0.621. The minimum Gasteiger partial charge on any atom is -0.361 e. The molecule has 1 aromatic heterocycles. The van der Waals surface area contributed by atoms with Crippen molar-refractivity contribution in [2.75, 3.05) is 0 Å². The predicted molar refractivity (Wildman–Crippen MR) is 43.0 cm³/mol. The fraction of sp³-hybridized carbons (Fsp3) is 0.111. The third-order valence-corrected chi connectivity index (χ3v) is 1.99. The summed E-state index contributed by atoms with van der Waals surface area (Å²) < 4.78 is 25.7. The first kappa shape index (κ1) is 7.28. The van der Waals surface area contributed by atoms with E-state index < -0.39 is 11.6 Å². The van der Waals surface area contributed by atoms with Gasteiger partial charge in [0.1, 0.15) is 0 Å². The molecule has 0 amide bonds. The summed E-state index contributed by atoms with van der Waals surface area (Å²) in [6.07, 6.45) is 1.66. The Balaban J connectivity index is 2.94. The number of H-pyrrole nitrogens is 1. The molecule has 0 saturated carbocycles. The van der Waals surface area contributed by atoms with E-state index in [1.54, 1.807) is 19.2 Å². The van der Waals surface area contributed by atoms with E-state index in [4.69, 9.17) is 0 Å². The highest BCUT2D eigenvalue weighted by Crippen LogP contribution is 2.21. The second-order valence-corrected chi connectivity index (χ2v) is 2.74. The van der Waals surface area contributed by atoms with Crippen LogP contribution in [0.25, 0.3) is 10.9 Å². The van der Waals surface area contributed by atoms with Gasteiger partial charge in [-0.1, -0.05) is 0 Å².